The van der Waals surface area contributed by atoms with Gasteiger partial charge in [-0.1, -0.05) is 36.4 Å². The van der Waals surface area contributed by atoms with Gasteiger partial charge in [0.05, 0.1) is 5.56 Å². The Morgan fingerprint density at radius 3 is 2.41 bits per heavy atom. The molecule has 0 fully saturated rings. The molecule has 2 aromatic carbocycles. The maximum atomic E-state index is 14.5. The van der Waals surface area contributed by atoms with Gasteiger partial charge >= 0.3 is 0 Å². The number of halogens is 1. The minimum absolute atomic E-state index is 0.0454. The Morgan fingerprint density at radius 2 is 1.72 bits per heavy atom. The minimum Gasteiger partial charge on any atom is -0.365 e. The van der Waals surface area contributed by atoms with Crippen molar-refractivity contribution in [2.45, 2.75) is 13.5 Å². The number of nitrogens with zero attached hydrogens (tertiary/aromatic N) is 1. The van der Waals surface area contributed by atoms with E-state index in [1.165, 1.54) is 6.92 Å². The predicted molar refractivity (Wildman–Crippen MR) is 111 cm³/mol. The van der Waals surface area contributed by atoms with Gasteiger partial charge in [0.15, 0.2) is 11.6 Å². The number of rotatable bonds is 7. The van der Waals surface area contributed by atoms with E-state index in [0.717, 1.165) is 11.6 Å². The van der Waals surface area contributed by atoms with E-state index in [0.29, 0.717) is 17.9 Å². The van der Waals surface area contributed by atoms with E-state index in [2.05, 4.69) is 20.9 Å². The van der Waals surface area contributed by atoms with Crippen molar-refractivity contribution in [2.24, 2.45) is 5.73 Å². The van der Waals surface area contributed by atoms with E-state index >= 15 is 0 Å². The third-order valence-electron chi connectivity index (χ3n) is 3.99. The number of carbonyl (C=O) groups excluding carboxylic acids is 2. The molecule has 2 amide bonds. The number of anilines is 4. The van der Waals surface area contributed by atoms with Crippen molar-refractivity contribution in [3.05, 3.63) is 77.6 Å². The molecular weight excluding hydrogens is 373 g/mol. The molecule has 0 bridgehead atoms. The topological polar surface area (TPSA) is 109 Å². The normalized spacial score (nSPS) is 10.3. The third-order valence-corrected chi connectivity index (χ3v) is 3.99. The largest absolute Gasteiger partial charge is 0.365 e. The molecule has 0 saturated carbocycles. The molecule has 3 aromatic rings. The number of amides is 2. The molecular formula is C21H20FN5O2. The van der Waals surface area contributed by atoms with Gasteiger partial charge in [-0.3, -0.25) is 9.59 Å². The molecule has 1 heterocycles. The summed E-state index contributed by atoms with van der Waals surface area (Å²) in [4.78, 5) is 27.1. The summed E-state index contributed by atoms with van der Waals surface area (Å²) in [7, 11) is 0. The molecule has 0 spiro atoms. The second kappa shape index (κ2) is 8.83. The van der Waals surface area contributed by atoms with Gasteiger partial charge in [-0.2, -0.15) is 0 Å². The lowest BCUT2D eigenvalue weighted by Crippen LogP contribution is -2.17. The standard InChI is InChI=1S/C21H20FN5O2/c1-13(28)25-15-8-5-9-16(10-15)26-21-18(22)11-17(19(23)29)20(27-21)24-12-14-6-3-2-4-7-14/h2-11H,12H2,1H3,(H2,23,29)(H,25,28)(H2,24,26,27). The molecule has 0 aliphatic heterocycles. The maximum absolute atomic E-state index is 14.5. The number of benzene rings is 2. The van der Waals surface area contributed by atoms with Crippen LogP contribution in [-0.2, 0) is 11.3 Å². The monoisotopic (exact) mass is 393 g/mol. The van der Waals surface area contributed by atoms with Crippen LogP contribution in [0, 0.1) is 5.82 Å². The lowest BCUT2D eigenvalue weighted by atomic mass is 10.2. The van der Waals surface area contributed by atoms with Crippen LogP contribution in [-0.4, -0.2) is 16.8 Å². The second-order valence-corrected chi connectivity index (χ2v) is 6.31. The summed E-state index contributed by atoms with van der Waals surface area (Å²) >= 11 is 0. The first-order chi connectivity index (χ1) is 13.9. The number of pyridine rings is 1. The lowest BCUT2D eigenvalue weighted by Gasteiger charge is -2.14. The smallest absolute Gasteiger partial charge is 0.252 e. The fourth-order valence-electron chi connectivity index (χ4n) is 2.70. The molecule has 0 radical (unpaired) electrons. The van der Waals surface area contributed by atoms with E-state index in [1.807, 2.05) is 30.3 Å². The molecule has 0 aliphatic rings. The summed E-state index contributed by atoms with van der Waals surface area (Å²) < 4.78 is 14.5. The highest BCUT2D eigenvalue weighted by atomic mass is 19.1. The van der Waals surface area contributed by atoms with Gasteiger partial charge in [0.1, 0.15) is 5.82 Å². The number of aromatic nitrogens is 1. The Bertz CT molecular complexity index is 1040. The van der Waals surface area contributed by atoms with Crippen molar-refractivity contribution in [3.8, 4) is 0 Å². The molecule has 0 unspecified atom stereocenters. The van der Waals surface area contributed by atoms with Gasteiger partial charge < -0.3 is 21.7 Å². The van der Waals surface area contributed by atoms with Crippen LogP contribution in [0.15, 0.2) is 60.7 Å². The molecule has 5 N–H and O–H groups in total. The third kappa shape index (κ3) is 5.29. The van der Waals surface area contributed by atoms with Crippen LogP contribution in [0.4, 0.5) is 27.4 Å². The number of primary amides is 1. The zero-order chi connectivity index (χ0) is 20.8. The van der Waals surface area contributed by atoms with Gasteiger partial charge in [0, 0.05) is 24.8 Å². The highest BCUT2D eigenvalue weighted by Crippen LogP contribution is 2.25. The first kappa shape index (κ1) is 19.8. The van der Waals surface area contributed by atoms with Gasteiger partial charge in [0.25, 0.3) is 5.91 Å². The SMILES string of the molecule is CC(=O)Nc1cccc(Nc2nc(NCc3ccccc3)c(C(N)=O)cc2F)c1. The van der Waals surface area contributed by atoms with Crippen molar-refractivity contribution >= 4 is 34.8 Å². The average Bonchev–Trinajstić information content (AvgIpc) is 2.68. The molecule has 8 heteroatoms. The fourth-order valence-corrected chi connectivity index (χ4v) is 2.70. The Kier molecular flexibility index (Phi) is 6.03. The highest BCUT2D eigenvalue weighted by Gasteiger charge is 2.16. The molecule has 0 atom stereocenters. The fraction of sp³-hybridized carbons (Fsp3) is 0.0952. The molecule has 148 valence electrons. The van der Waals surface area contributed by atoms with Gasteiger partial charge in [0.2, 0.25) is 5.91 Å². The van der Waals surface area contributed by atoms with Crippen molar-refractivity contribution in [1.29, 1.82) is 0 Å². The van der Waals surface area contributed by atoms with Gasteiger partial charge in [-0.25, -0.2) is 9.37 Å². The number of nitrogens with two attached hydrogens (primary N) is 1. The highest BCUT2D eigenvalue weighted by molar-refractivity contribution is 5.98. The zero-order valence-corrected chi connectivity index (χ0v) is 15.7. The zero-order valence-electron chi connectivity index (χ0n) is 15.7. The number of hydrogen-bond acceptors (Lipinski definition) is 5. The van der Waals surface area contributed by atoms with Crippen LogP contribution >= 0.6 is 0 Å². The minimum atomic E-state index is -0.786. The van der Waals surface area contributed by atoms with E-state index in [9.17, 15) is 14.0 Å². The lowest BCUT2D eigenvalue weighted by molar-refractivity contribution is -0.114. The first-order valence-electron chi connectivity index (χ1n) is 8.85. The summed E-state index contributed by atoms with van der Waals surface area (Å²) in [5.74, 6) is -1.64. The predicted octanol–water partition coefficient (Wildman–Crippen LogP) is 3.63. The molecule has 0 aliphatic carbocycles. The van der Waals surface area contributed by atoms with E-state index < -0.39 is 11.7 Å². The van der Waals surface area contributed by atoms with Crippen LogP contribution in [0.3, 0.4) is 0 Å². The van der Waals surface area contributed by atoms with E-state index in [-0.39, 0.29) is 23.1 Å². The molecule has 29 heavy (non-hydrogen) atoms. The van der Waals surface area contributed by atoms with Gasteiger partial charge in [-0.05, 0) is 29.8 Å². The Hall–Kier alpha value is -3.94. The number of carbonyl (C=O) groups is 2. The average molecular weight is 393 g/mol. The summed E-state index contributed by atoms with van der Waals surface area (Å²) in [6, 6.07) is 17.3. The quantitative estimate of drug-likeness (QED) is 0.490. The van der Waals surface area contributed by atoms with Gasteiger partial charge in [-0.15, -0.1) is 0 Å². The van der Waals surface area contributed by atoms with E-state index in [1.54, 1.807) is 24.3 Å². The molecule has 7 nitrogen and oxygen atoms in total. The van der Waals surface area contributed by atoms with Crippen LogP contribution in [0.2, 0.25) is 0 Å². The Morgan fingerprint density at radius 1 is 1.00 bits per heavy atom. The van der Waals surface area contributed by atoms with E-state index in [4.69, 9.17) is 5.73 Å². The second-order valence-electron chi connectivity index (χ2n) is 6.31. The van der Waals surface area contributed by atoms with Crippen molar-refractivity contribution in [3.63, 3.8) is 0 Å². The Balaban J connectivity index is 1.87. The molecule has 3 rings (SSSR count). The van der Waals surface area contributed by atoms with Crippen molar-refractivity contribution in [2.75, 3.05) is 16.0 Å². The maximum Gasteiger partial charge on any atom is 0.252 e. The van der Waals surface area contributed by atoms with Crippen molar-refractivity contribution in [1.82, 2.24) is 4.98 Å². The Labute approximate surface area is 167 Å². The summed E-state index contributed by atoms with van der Waals surface area (Å²) in [5, 5.41) is 8.54. The summed E-state index contributed by atoms with van der Waals surface area (Å²) in [6.45, 7) is 1.78. The van der Waals surface area contributed by atoms with Crippen LogP contribution in [0.25, 0.3) is 0 Å². The molecule has 1 aromatic heterocycles. The number of hydrogen-bond donors (Lipinski definition) is 4. The van der Waals surface area contributed by atoms with Crippen LogP contribution in [0.5, 0.6) is 0 Å². The molecule has 0 saturated heterocycles. The van der Waals surface area contributed by atoms with Crippen LogP contribution in [0.1, 0.15) is 22.8 Å². The summed E-state index contributed by atoms with van der Waals surface area (Å²) in [5.41, 5.74) is 7.37. The number of nitrogens with one attached hydrogen (secondary N) is 3. The van der Waals surface area contributed by atoms with Crippen molar-refractivity contribution < 1.29 is 14.0 Å². The first-order valence-corrected chi connectivity index (χ1v) is 8.85. The van der Waals surface area contributed by atoms with Crippen LogP contribution < -0.4 is 21.7 Å². The summed E-state index contributed by atoms with van der Waals surface area (Å²) in [6.07, 6.45) is 0.